The molecule has 1 aromatic heterocycles. The largest absolute Gasteiger partial charge is 0.416 e. The summed E-state index contributed by atoms with van der Waals surface area (Å²) in [6.45, 7) is 6.80. The molecule has 1 saturated carbocycles. The molecule has 5 rings (SSSR count). The molecule has 37 heavy (non-hydrogen) atoms. The van der Waals surface area contributed by atoms with Gasteiger partial charge in [-0.1, -0.05) is 6.07 Å². The van der Waals surface area contributed by atoms with Crippen LogP contribution in [0.4, 0.5) is 23.8 Å². The second-order valence-corrected chi connectivity index (χ2v) is 10.2. The van der Waals surface area contributed by atoms with Crippen LogP contribution in [0.2, 0.25) is 0 Å². The fraction of sp³-hybridized carbons (Fsp3) is 0.560. The molecular weight excluding hydrogens is 487 g/mol. The molecular formula is C25H32F3N7O2. The SMILES string of the molecule is CC(Cc1ccc(-n2ccc(NC(=O)N3CCNCC3)nc2=O)cc1C(F)(F)F)N1CC2C(CN)C2C1. The quantitative estimate of drug-likeness (QED) is 0.537. The minimum Gasteiger partial charge on any atom is -0.330 e. The summed E-state index contributed by atoms with van der Waals surface area (Å²) >= 11 is 0. The number of carbonyl (C=O) groups is 1. The van der Waals surface area contributed by atoms with E-state index in [1.54, 1.807) is 4.90 Å². The highest BCUT2D eigenvalue weighted by Crippen LogP contribution is 2.51. The Bertz CT molecular complexity index is 1200. The fourth-order valence-corrected chi connectivity index (χ4v) is 5.72. The maximum absolute atomic E-state index is 14.0. The number of nitrogens with zero attached hydrogens (tertiary/aromatic N) is 4. The smallest absolute Gasteiger partial charge is 0.330 e. The Morgan fingerprint density at radius 1 is 1.22 bits per heavy atom. The van der Waals surface area contributed by atoms with Crippen LogP contribution in [-0.4, -0.2) is 77.2 Å². The Labute approximate surface area is 212 Å². The third kappa shape index (κ3) is 5.36. The predicted octanol–water partition coefficient (Wildman–Crippen LogP) is 1.76. The van der Waals surface area contributed by atoms with E-state index in [4.69, 9.17) is 5.73 Å². The van der Waals surface area contributed by atoms with E-state index in [-0.39, 0.29) is 35.6 Å². The standard InChI is InChI=1S/C25H32F3N7O2/c1-15(34-13-19-18(12-29)20(19)14-34)10-16-2-3-17(11-21(16)25(26,27)28)35-7-4-22(32-24(35)37)31-23(36)33-8-5-30-6-9-33/h2-4,7,11,15,18-20,30H,5-6,8-10,12-14,29H2,1H3,(H,31,32,36,37). The molecule has 12 heteroatoms. The number of carbonyl (C=O) groups excluding carboxylic acids is 1. The van der Waals surface area contributed by atoms with Crippen molar-refractivity contribution in [1.29, 1.82) is 0 Å². The van der Waals surface area contributed by atoms with Crippen molar-refractivity contribution in [1.82, 2.24) is 24.7 Å². The first kappa shape index (κ1) is 25.7. The number of anilines is 1. The van der Waals surface area contributed by atoms with Gasteiger partial charge in [-0.3, -0.25) is 14.8 Å². The minimum absolute atomic E-state index is 0.0406. The molecule has 3 heterocycles. The number of piperidine rings is 1. The zero-order chi connectivity index (χ0) is 26.3. The number of nitrogens with two attached hydrogens (primary N) is 1. The van der Waals surface area contributed by atoms with Gasteiger partial charge >= 0.3 is 17.9 Å². The van der Waals surface area contributed by atoms with Gasteiger partial charge in [-0.2, -0.15) is 18.2 Å². The van der Waals surface area contributed by atoms with E-state index < -0.39 is 17.4 Å². The van der Waals surface area contributed by atoms with E-state index in [0.29, 0.717) is 50.5 Å². The maximum Gasteiger partial charge on any atom is 0.416 e. The van der Waals surface area contributed by atoms with Crippen LogP contribution in [0.15, 0.2) is 35.3 Å². The summed E-state index contributed by atoms with van der Waals surface area (Å²) in [7, 11) is 0. The lowest BCUT2D eigenvalue weighted by Gasteiger charge is -2.28. The molecule has 2 aromatic rings. The van der Waals surface area contributed by atoms with Crippen molar-refractivity contribution in [3.8, 4) is 5.69 Å². The summed E-state index contributed by atoms with van der Waals surface area (Å²) in [6.07, 6.45) is -2.99. The molecule has 2 saturated heterocycles. The number of hydrogen-bond donors (Lipinski definition) is 3. The first-order valence-electron chi connectivity index (χ1n) is 12.7. The third-order valence-electron chi connectivity index (χ3n) is 7.93. The number of hydrogen-bond acceptors (Lipinski definition) is 6. The number of rotatable bonds is 6. The first-order chi connectivity index (χ1) is 17.7. The van der Waals surface area contributed by atoms with Gasteiger partial charge in [-0.15, -0.1) is 0 Å². The fourth-order valence-electron chi connectivity index (χ4n) is 5.72. The summed E-state index contributed by atoms with van der Waals surface area (Å²) in [5, 5.41) is 5.72. The molecule has 1 aromatic carbocycles. The molecule has 200 valence electrons. The number of nitrogens with one attached hydrogen (secondary N) is 2. The second-order valence-electron chi connectivity index (χ2n) is 10.2. The van der Waals surface area contributed by atoms with Gasteiger partial charge in [0.2, 0.25) is 0 Å². The summed E-state index contributed by atoms with van der Waals surface area (Å²) in [5.41, 5.74) is 4.49. The van der Waals surface area contributed by atoms with Crippen molar-refractivity contribution in [3.63, 3.8) is 0 Å². The van der Waals surface area contributed by atoms with E-state index in [1.807, 2.05) is 6.92 Å². The van der Waals surface area contributed by atoms with Gasteiger partial charge in [-0.25, -0.2) is 9.59 Å². The zero-order valence-electron chi connectivity index (χ0n) is 20.7. The molecule has 3 aliphatic rings. The summed E-state index contributed by atoms with van der Waals surface area (Å²) < 4.78 is 43.2. The Morgan fingerprint density at radius 3 is 2.54 bits per heavy atom. The van der Waals surface area contributed by atoms with Crippen molar-refractivity contribution in [2.24, 2.45) is 23.5 Å². The van der Waals surface area contributed by atoms with Crippen molar-refractivity contribution >= 4 is 11.8 Å². The lowest BCUT2D eigenvalue weighted by Crippen LogP contribution is -2.48. The second kappa shape index (κ2) is 10.1. The summed E-state index contributed by atoms with van der Waals surface area (Å²) in [6, 6.07) is 4.93. The van der Waals surface area contributed by atoms with Gasteiger partial charge in [-0.05, 0) is 61.4 Å². The summed E-state index contributed by atoms with van der Waals surface area (Å²) in [4.78, 5) is 32.7. The molecule has 3 unspecified atom stereocenters. The lowest BCUT2D eigenvalue weighted by atomic mass is 9.98. The van der Waals surface area contributed by atoms with Gasteiger partial charge in [0.25, 0.3) is 0 Å². The van der Waals surface area contributed by atoms with Gasteiger partial charge in [0.05, 0.1) is 11.3 Å². The van der Waals surface area contributed by atoms with Gasteiger partial charge < -0.3 is 16.0 Å². The van der Waals surface area contributed by atoms with Crippen LogP contribution in [0, 0.1) is 17.8 Å². The Morgan fingerprint density at radius 2 is 1.92 bits per heavy atom. The van der Waals surface area contributed by atoms with Gasteiger partial charge in [0.1, 0.15) is 5.82 Å². The molecule has 0 bridgehead atoms. The number of urea groups is 1. The Kier molecular flexibility index (Phi) is 6.99. The zero-order valence-corrected chi connectivity index (χ0v) is 20.7. The van der Waals surface area contributed by atoms with Crippen LogP contribution in [-0.2, 0) is 12.6 Å². The van der Waals surface area contributed by atoms with E-state index >= 15 is 0 Å². The number of alkyl halides is 3. The van der Waals surface area contributed by atoms with Crippen LogP contribution in [0.5, 0.6) is 0 Å². The van der Waals surface area contributed by atoms with Crippen LogP contribution in [0.3, 0.4) is 0 Å². The van der Waals surface area contributed by atoms with Crippen molar-refractivity contribution in [2.45, 2.75) is 25.6 Å². The van der Waals surface area contributed by atoms with E-state index in [0.717, 1.165) is 23.7 Å². The number of benzene rings is 1. The third-order valence-corrected chi connectivity index (χ3v) is 7.93. The lowest BCUT2D eigenvalue weighted by molar-refractivity contribution is -0.138. The summed E-state index contributed by atoms with van der Waals surface area (Å²) in [5.74, 6) is 1.75. The Hall–Kier alpha value is -2.96. The van der Waals surface area contributed by atoms with E-state index in [2.05, 4.69) is 20.5 Å². The normalized spacial score (nSPS) is 24.6. The Balaban J connectivity index is 1.31. The molecule has 2 aliphatic heterocycles. The number of piperazine rings is 1. The van der Waals surface area contributed by atoms with Crippen molar-refractivity contribution in [3.05, 3.63) is 52.1 Å². The maximum atomic E-state index is 14.0. The van der Waals surface area contributed by atoms with E-state index in [9.17, 15) is 22.8 Å². The first-order valence-corrected chi connectivity index (χ1v) is 12.7. The average Bonchev–Trinajstić information content (AvgIpc) is 3.34. The minimum atomic E-state index is -4.57. The number of amides is 2. The molecule has 2 amide bonds. The highest BCUT2D eigenvalue weighted by Gasteiger charge is 2.55. The highest BCUT2D eigenvalue weighted by molar-refractivity contribution is 5.88. The van der Waals surface area contributed by atoms with E-state index in [1.165, 1.54) is 24.4 Å². The van der Waals surface area contributed by atoms with Crippen LogP contribution >= 0.6 is 0 Å². The molecule has 0 radical (unpaired) electrons. The molecule has 3 fully saturated rings. The number of fused-ring (bicyclic) bond motifs is 1. The predicted molar refractivity (Wildman–Crippen MR) is 133 cm³/mol. The molecule has 0 spiro atoms. The monoisotopic (exact) mass is 519 g/mol. The highest BCUT2D eigenvalue weighted by atomic mass is 19.4. The van der Waals surface area contributed by atoms with Gasteiger partial charge in [0.15, 0.2) is 0 Å². The number of aromatic nitrogens is 2. The van der Waals surface area contributed by atoms with Crippen LogP contribution in [0.25, 0.3) is 5.69 Å². The number of halogens is 3. The molecule has 1 aliphatic carbocycles. The van der Waals surface area contributed by atoms with Crippen LogP contribution < -0.4 is 22.1 Å². The van der Waals surface area contributed by atoms with Crippen molar-refractivity contribution in [2.75, 3.05) is 51.1 Å². The molecule has 4 N–H and O–H groups in total. The van der Waals surface area contributed by atoms with Gasteiger partial charge in [0, 0.05) is 51.5 Å². The average molecular weight is 520 g/mol. The molecule has 3 atom stereocenters. The van der Waals surface area contributed by atoms with Crippen molar-refractivity contribution < 1.29 is 18.0 Å². The topological polar surface area (TPSA) is 109 Å². The number of likely N-dealkylation sites (tertiary alicyclic amines) is 1. The van der Waals surface area contributed by atoms with Crippen LogP contribution in [0.1, 0.15) is 18.1 Å². The molecule has 9 nitrogen and oxygen atoms in total.